The first-order valence-electron chi connectivity index (χ1n) is 5.90. The molecule has 0 fully saturated rings. The highest BCUT2D eigenvalue weighted by Gasteiger charge is 2.01. The molecule has 0 saturated heterocycles. The van der Waals surface area contributed by atoms with E-state index in [2.05, 4.69) is 10.5 Å². The number of furan rings is 1. The van der Waals surface area contributed by atoms with Crippen LogP contribution in [-0.4, -0.2) is 25.8 Å². The molecule has 20 heavy (non-hydrogen) atoms. The zero-order chi connectivity index (χ0) is 14.2. The van der Waals surface area contributed by atoms with Gasteiger partial charge < -0.3 is 13.9 Å². The molecule has 0 aliphatic rings. The summed E-state index contributed by atoms with van der Waals surface area (Å²) in [7, 11) is 1.58. The number of hydrogen-bond acceptors (Lipinski definition) is 5. The highest BCUT2D eigenvalue weighted by Crippen LogP contribution is 2.16. The van der Waals surface area contributed by atoms with Gasteiger partial charge in [-0.15, -0.1) is 0 Å². The van der Waals surface area contributed by atoms with Crippen LogP contribution in [0.4, 0.5) is 0 Å². The molecular formula is C14H14N2O4. The Balaban J connectivity index is 1.74. The first-order chi connectivity index (χ1) is 9.78. The van der Waals surface area contributed by atoms with E-state index >= 15 is 0 Å². The molecule has 2 aromatic rings. The normalized spacial score (nSPS) is 10.4. The largest absolute Gasteiger partial charge is 0.497 e. The molecule has 2 rings (SSSR count). The average molecular weight is 274 g/mol. The molecule has 0 bridgehead atoms. The van der Waals surface area contributed by atoms with Gasteiger partial charge >= 0.3 is 0 Å². The Morgan fingerprint density at radius 3 is 2.70 bits per heavy atom. The van der Waals surface area contributed by atoms with Crippen LogP contribution in [0.1, 0.15) is 5.76 Å². The number of hydrogen-bond donors (Lipinski definition) is 1. The van der Waals surface area contributed by atoms with Crippen molar-refractivity contribution in [3.8, 4) is 11.5 Å². The maximum absolute atomic E-state index is 11.5. The zero-order valence-corrected chi connectivity index (χ0v) is 10.9. The SMILES string of the molecule is COc1ccc(OCC(=O)N/N=C/c2ccco2)cc1. The Bertz CT molecular complexity index is 561. The molecule has 0 radical (unpaired) electrons. The number of benzene rings is 1. The summed E-state index contributed by atoms with van der Waals surface area (Å²) >= 11 is 0. The minimum absolute atomic E-state index is 0.123. The summed E-state index contributed by atoms with van der Waals surface area (Å²) in [5.41, 5.74) is 2.33. The van der Waals surface area contributed by atoms with Crippen molar-refractivity contribution in [2.45, 2.75) is 0 Å². The standard InChI is InChI=1S/C14H14N2O4/c1-18-11-4-6-12(7-5-11)20-10-14(17)16-15-9-13-3-2-8-19-13/h2-9H,10H2,1H3,(H,16,17)/b15-9+. The number of ether oxygens (including phenoxy) is 2. The summed E-state index contributed by atoms with van der Waals surface area (Å²) in [4.78, 5) is 11.5. The van der Waals surface area contributed by atoms with E-state index in [9.17, 15) is 4.79 Å². The number of rotatable bonds is 6. The van der Waals surface area contributed by atoms with Gasteiger partial charge in [-0.2, -0.15) is 5.10 Å². The van der Waals surface area contributed by atoms with Crippen LogP contribution >= 0.6 is 0 Å². The second kappa shape index (κ2) is 6.98. The van der Waals surface area contributed by atoms with Crippen LogP contribution < -0.4 is 14.9 Å². The first-order valence-corrected chi connectivity index (χ1v) is 5.90. The lowest BCUT2D eigenvalue weighted by molar-refractivity contribution is -0.123. The van der Waals surface area contributed by atoms with Crippen molar-refractivity contribution in [1.82, 2.24) is 5.43 Å². The summed E-state index contributed by atoms with van der Waals surface area (Å²) in [5, 5.41) is 3.74. The number of amides is 1. The number of carbonyl (C=O) groups excluding carboxylic acids is 1. The highest BCUT2D eigenvalue weighted by atomic mass is 16.5. The maximum Gasteiger partial charge on any atom is 0.277 e. The van der Waals surface area contributed by atoms with E-state index in [1.807, 2.05) is 0 Å². The predicted molar refractivity (Wildman–Crippen MR) is 72.9 cm³/mol. The van der Waals surface area contributed by atoms with Gasteiger partial charge in [-0.1, -0.05) is 0 Å². The first kappa shape index (κ1) is 13.7. The van der Waals surface area contributed by atoms with Crippen LogP contribution in [0.2, 0.25) is 0 Å². The van der Waals surface area contributed by atoms with Gasteiger partial charge in [0.15, 0.2) is 6.61 Å². The molecular weight excluding hydrogens is 260 g/mol. The fraction of sp³-hybridized carbons (Fsp3) is 0.143. The minimum Gasteiger partial charge on any atom is -0.497 e. The average Bonchev–Trinajstić information content (AvgIpc) is 2.99. The van der Waals surface area contributed by atoms with Crippen LogP contribution in [0.15, 0.2) is 52.2 Å². The molecule has 0 saturated carbocycles. The molecule has 6 heteroatoms. The zero-order valence-electron chi connectivity index (χ0n) is 10.9. The quantitative estimate of drug-likeness (QED) is 0.644. The van der Waals surface area contributed by atoms with Gasteiger partial charge in [0.05, 0.1) is 19.6 Å². The van der Waals surface area contributed by atoms with Crippen LogP contribution in [0.3, 0.4) is 0 Å². The van der Waals surface area contributed by atoms with Crippen molar-refractivity contribution >= 4 is 12.1 Å². The molecule has 0 atom stereocenters. The Hall–Kier alpha value is -2.76. The molecule has 0 aliphatic carbocycles. The van der Waals surface area contributed by atoms with Gasteiger partial charge in [-0.3, -0.25) is 4.79 Å². The molecule has 6 nitrogen and oxygen atoms in total. The van der Waals surface area contributed by atoms with E-state index in [1.165, 1.54) is 12.5 Å². The van der Waals surface area contributed by atoms with E-state index < -0.39 is 0 Å². The summed E-state index contributed by atoms with van der Waals surface area (Å²) in [6.45, 7) is -0.123. The number of carbonyl (C=O) groups is 1. The molecule has 104 valence electrons. The Kier molecular flexibility index (Phi) is 4.77. The van der Waals surface area contributed by atoms with Crippen molar-refractivity contribution < 1.29 is 18.7 Å². The molecule has 0 aliphatic heterocycles. The van der Waals surface area contributed by atoms with Gasteiger partial charge in [0.1, 0.15) is 17.3 Å². The van der Waals surface area contributed by atoms with Crippen LogP contribution in [-0.2, 0) is 4.79 Å². The molecule has 0 unspecified atom stereocenters. The Labute approximate surface area is 116 Å². The predicted octanol–water partition coefficient (Wildman–Crippen LogP) is 1.82. The van der Waals surface area contributed by atoms with Gasteiger partial charge in [0.25, 0.3) is 5.91 Å². The van der Waals surface area contributed by atoms with E-state index in [4.69, 9.17) is 13.9 Å². The second-order valence-electron chi connectivity index (χ2n) is 3.77. The third kappa shape index (κ3) is 4.16. The van der Waals surface area contributed by atoms with E-state index in [0.717, 1.165) is 5.75 Å². The van der Waals surface area contributed by atoms with Crippen molar-refractivity contribution in [3.05, 3.63) is 48.4 Å². The van der Waals surface area contributed by atoms with E-state index in [1.54, 1.807) is 43.5 Å². The summed E-state index contributed by atoms with van der Waals surface area (Å²) in [5.74, 6) is 1.51. The van der Waals surface area contributed by atoms with Crippen LogP contribution in [0.25, 0.3) is 0 Å². The van der Waals surface area contributed by atoms with Crippen molar-refractivity contribution in [1.29, 1.82) is 0 Å². The molecule has 1 aromatic heterocycles. The van der Waals surface area contributed by atoms with Crippen molar-refractivity contribution in [2.24, 2.45) is 5.10 Å². The Morgan fingerprint density at radius 1 is 1.30 bits per heavy atom. The molecule has 1 aromatic carbocycles. The third-order valence-electron chi connectivity index (χ3n) is 2.35. The van der Waals surface area contributed by atoms with E-state index in [0.29, 0.717) is 11.5 Å². The molecule has 0 spiro atoms. The lowest BCUT2D eigenvalue weighted by atomic mass is 10.3. The van der Waals surface area contributed by atoms with Crippen LogP contribution in [0.5, 0.6) is 11.5 Å². The fourth-order valence-electron chi connectivity index (χ4n) is 1.39. The lowest BCUT2D eigenvalue weighted by Gasteiger charge is -2.05. The summed E-state index contributed by atoms with van der Waals surface area (Å²) < 4.78 is 15.3. The number of nitrogens with one attached hydrogen (secondary N) is 1. The van der Waals surface area contributed by atoms with Crippen molar-refractivity contribution in [3.63, 3.8) is 0 Å². The maximum atomic E-state index is 11.5. The third-order valence-corrected chi connectivity index (χ3v) is 2.35. The minimum atomic E-state index is -0.358. The lowest BCUT2D eigenvalue weighted by Crippen LogP contribution is -2.24. The van der Waals surface area contributed by atoms with Gasteiger partial charge in [0, 0.05) is 0 Å². The molecule has 1 N–H and O–H groups in total. The highest BCUT2D eigenvalue weighted by molar-refractivity contribution is 5.81. The van der Waals surface area contributed by atoms with Gasteiger partial charge in [-0.25, -0.2) is 5.43 Å². The summed E-state index contributed by atoms with van der Waals surface area (Å²) in [6, 6.07) is 10.4. The van der Waals surface area contributed by atoms with E-state index in [-0.39, 0.29) is 12.5 Å². The number of nitrogens with zero attached hydrogens (tertiary/aromatic N) is 1. The monoisotopic (exact) mass is 274 g/mol. The summed E-state index contributed by atoms with van der Waals surface area (Å²) in [6.07, 6.45) is 2.93. The fourth-order valence-corrected chi connectivity index (χ4v) is 1.39. The Morgan fingerprint density at radius 2 is 2.05 bits per heavy atom. The van der Waals surface area contributed by atoms with Gasteiger partial charge in [0.2, 0.25) is 0 Å². The second-order valence-corrected chi connectivity index (χ2v) is 3.77. The number of hydrazone groups is 1. The topological polar surface area (TPSA) is 73.1 Å². The smallest absolute Gasteiger partial charge is 0.277 e. The van der Waals surface area contributed by atoms with Gasteiger partial charge in [-0.05, 0) is 36.4 Å². The van der Waals surface area contributed by atoms with Crippen LogP contribution in [0, 0.1) is 0 Å². The number of methoxy groups -OCH3 is 1. The molecule has 1 heterocycles. The van der Waals surface area contributed by atoms with Crippen molar-refractivity contribution in [2.75, 3.05) is 13.7 Å². The molecule has 1 amide bonds.